The number of benzene rings is 3. The van der Waals surface area contributed by atoms with E-state index in [0.717, 1.165) is 16.8 Å². The van der Waals surface area contributed by atoms with Gasteiger partial charge in [0.25, 0.3) is 0 Å². The summed E-state index contributed by atoms with van der Waals surface area (Å²) in [6.07, 6.45) is 0. The second-order valence-corrected chi connectivity index (χ2v) is 5.51. The molecule has 0 aliphatic carbocycles. The van der Waals surface area contributed by atoms with Crippen LogP contribution in [-0.4, -0.2) is 11.1 Å². The van der Waals surface area contributed by atoms with Crippen LogP contribution in [0.15, 0.2) is 66.7 Å². The summed E-state index contributed by atoms with van der Waals surface area (Å²) in [6, 6.07) is 21.6. The van der Waals surface area contributed by atoms with Gasteiger partial charge in [-0.05, 0) is 53.6 Å². The lowest BCUT2D eigenvalue weighted by atomic mass is 10.0. The van der Waals surface area contributed by atoms with E-state index in [1.165, 1.54) is 12.1 Å². The van der Waals surface area contributed by atoms with Crippen LogP contribution in [0.4, 0.5) is 17.1 Å². The van der Waals surface area contributed by atoms with Crippen molar-refractivity contribution >= 4 is 23.0 Å². The average molecular weight is 329 g/mol. The van der Waals surface area contributed by atoms with E-state index in [1.54, 1.807) is 12.1 Å². The number of hydrogen-bond donors (Lipinski definition) is 3. The highest BCUT2D eigenvalue weighted by Crippen LogP contribution is 2.28. The van der Waals surface area contributed by atoms with Gasteiger partial charge in [-0.25, -0.2) is 4.79 Å². The lowest BCUT2D eigenvalue weighted by Crippen LogP contribution is -2.01. The first-order valence-electron chi connectivity index (χ1n) is 7.57. The third-order valence-electron chi connectivity index (χ3n) is 3.77. The van der Waals surface area contributed by atoms with Crippen molar-refractivity contribution in [2.24, 2.45) is 0 Å². The molecule has 0 aliphatic heterocycles. The van der Waals surface area contributed by atoms with Crippen molar-refractivity contribution in [3.8, 4) is 17.2 Å². The molecule has 0 aromatic heterocycles. The number of aromatic carboxylic acids is 1. The molecule has 3 aromatic carbocycles. The summed E-state index contributed by atoms with van der Waals surface area (Å²) in [5.74, 6) is -1.01. The smallest absolute Gasteiger partial charge is 0.335 e. The minimum absolute atomic E-state index is 0.162. The number of nitrogen functional groups attached to an aromatic ring is 1. The van der Waals surface area contributed by atoms with Crippen LogP contribution >= 0.6 is 0 Å². The molecule has 0 unspecified atom stereocenters. The van der Waals surface area contributed by atoms with Crippen molar-refractivity contribution in [1.29, 1.82) is 5.26 Å². The van der Waals surface area contributed by atoms with Crippen LogP contribution in [0, 0.1) is 11.3 Å². The SMILES string of the molecule is N#Cc1cccc(-c2cccc(Nc3cc(C(=O)O)ccc3N)c2)c1. The fourth-order valence-electron chi connectivity index (χ4n) is 2.50. The Kier molecular flexibility index (Phi) is 4.36. The van der Waals surface area contributed by atoms with Crippen LogP contribution in [0.5, 0.6) is 0 Å². The van der Waals surface area contributed by atoms with Crippen molar-refractivity contribution in [3.63, 3.8) is 0 Å². The standard InChI is InChI=1S/C20H15N3O2/c21-12-13-3-1-4-14(9-13)15-5-2-6-17(10-15)23-19-11-16(20(24)25)7-8-18(19)22/h1-11,23H,22H2,(H,24,25). The van der Waals surface area contributed by atoms with Gasteiger partial charge in [-0.3, -0.25) is 0 Å². The Bertz CT molecular complexity index is 990. The highest BCUT2D eigenvalue weighted by molar-refractivity contribution is 5.91. The van der Waals surface area contributed by atoms with Gasteiger partial charge in [0.05, 0.1) is 28.6 Å². The molecule has 0 spiro atoms. The molecule has 0 radical (unpaired) electrons. The maximum Gasteiger partial charge on any atom is 0.335 e. The Labute approximate surface area is 145 Å². The van der Waals surface area contributed by atoms with Crippen molar-refractivity contribution in [2.75, 3.05) is 11.1 Å². The number of nitrogens with two attached hydrogens (primary N) is 1. The summed E-state index contributed by atoms with van der Waals surface area (Å²) in [5.41, 5.74) is 10.3. The molecule has 3 aromatic rings. The predicted octanol–water partition coefficient (Wildman–Crippen LogP) is 4.25. The van der Waals surface area contributed by atoms with Gasteiger partial charge in [-0.1, -0.05) is 24.3 Å². The van der Waals surface area contributed by atoms with Gasteiger partial charge in [0.1, 0.15) is 0 Å². The van der Waals surface area contributed by atoms with Crippen molar-refractivity contribution in [1.82, 2.24) is 0 Å². The number of nitrogens with zero attached hydrogens (tertiary/aromatic N) is 1. The molecular weight excluding hydrogens is 314 g/mol. The summed E-state index contributed by atoms with van der Waals surface area (Å²) < 4.78 is 0. The highest BCUT2D eigenvalue weighted by atomic mass is 16.4. The number of carboxylic acid groups (broad SMARTS) is 1. The van der Waals surface area contributed by atoms with Crippen molar-refractivity contribution in [3.05, 3.63) is 77.9 Å². The van der Waals surface area contributed by atoms with Gasteiger partial charge in [0.2, 0.25) is 0 Å². The fourth-order valence-corrected chi connectivity index (χ4v) is 2.50. The maximum atomic E-state index is 11.1. The first-order chi connectivity index (χ1) is 12.1. The van der Waals surface area contributed by atoms with Crippen molar-refractivity contribution < 1.29 is 9.90 Å². The van der Waals surface area contributed by atoms with Crippen LogP contribution in [0.1, 0.15) is 15.9 Å². The van der Waals surface area contributed by atoms with Crippen LogP contribution in [0.2, 0.25) is 0 Å². The minimum atomic E-state index is -1.01. The molecular formula is C20H15N3O2. The summed E-state index contributed by atoms with van der Waals surface area (Å²) >= 11 is 0. The van der Waals surface area contributed by atoms with Crippen LogP contribution < -0.4 is 11.1 Å². The molecule has 25 heavy (non-hydrogen) atoms. The summed E-state index contributed by atoms with van der Waals surface area (Å²) in [6.45, 7) is 0. The molecule has 5 nitrogen and oxygen atoms in total. The summed E-state index contributed by atoms with van der Waals surface area (Å²) in [4.78, 5) is 11.1. The summed E-state index contributed by atoms with van der Waals surface area (Å²) in [7, 11) is 0. The maximum absolute atomic E-state index is 11.1. The molecule has 0 amide bonds. The van der Waals surface area contributed by atoms with Crippen LogP contribution in [0.3, 0.4) is 0 Å². The Morgan fingerprint density at radius 3 is 2.44 bits per heavy atom. The molecule has 0 atom stereocenters. The normalized spacial score (nSPS) is 10.0. The van der Waals surface area contributed by atoms with Gasteiger partial charge >= 0.3 is 5.97 Å². The van der Waals surface area contributed by atoms with E-state index in [1.807, 2.05) is 42.5 Å². The van der Waals surface area contributed by atoms with E-state index < -0.39 is 5.97 Å². The lowest BCUT2D eigenvalue weighted by Gasteiger charge is -2.12. The third-order valence-corrected chi connectivity index (χ3v) is 3.77. The molecule has 3 rings (SSSR count). The zero-order chi connectivity index (χ0) is 17.8. The van der Waals surface area contributed by atoms with E-state index in [9.17, 15) is 4.79 Å². The first kappa shape index (κ1) is 16.1. The Morgan fingerprint density at radius 2 is 1.72 bits per heavy atom. The number of nitriles is 1. The molecule has 0 fully saturated rings. The Balaban J connectivity index is 1.94. The highest BCUT2D eigenvalue weighted by Gasteiger charge is 2.08. The first-order valence-corrected chi connectivity index (χ1v) is 7.57. The molecule has 4 N–H and O–H groups in total. The Hall–Kier alpha value is -3.78. The monoisotopic (exact) mass is 329 g/mol. The molecule has 0 saturated carbocycles. The van der Waals surface area contributed by atoms with E-state index in [-0.39, 0.29) is 5.56 Å². The molecule has 0 saturated heterocycles. The largest absolute Gasteiger partial charge is 0.478 e. The summed E-state index contributed by atoms with van der Waals surface area (Å²) in [5, 5.41) is 21.3. The predicted molar refractivity (Wildman–Crippen MR) is 97.7 cm³/mol. The van der Waals surface area contributed by atoms with Crippen LogP contribution in [-0.2, 0) is 0 Å². The number of rotatable bonds is 4. The Morgan fingerprint density at radius 1 is 1.00 bits per heavy atom. The minimum Gasteiger partial charge on any atom is -0.478 e. The zero-order valence-electron chi connectivity index (χ0n) is 13.2. The number of hydrogen-bond acceptors (Lipinski definition) is 4. The van der Waals surface area contributed by atoms with E-state index >= 15 is 0 Å². The van der Waals surface area contributed by atoms with Gasteiger partial charge in [0, 0.05) is 5.69 Å². The topological polar surface area (TPSA) is 99.1 Å². The number of carbonyl (C=O) groups is 1. The van der Waals surface area contributed by atoms with E-state index in [2.05, 4.69) is 11.4 Å². The second kappa shape index (κ2) is 6.77. The van der Waals surface area contributed by atoms with Gasteiger partial charge in [0.15, 0.2) is 0 Å². The average Bonchev–Trinajstić information content (AvgIpc) is 2.63. The number of nitrogens with one attached hydrogen (secondary N) is 1. The molecule has 0 heterocycles. The van der Waals surface area contributed by atoms with Crippen molar-refractivity contribution in [2.45, 2.75) is 0 Å². The van der Waals surface area contributed by atoms with Gasteiger partial charge in [-0.2, -0.15) is 5.26 Å². The third kappa shape index (κ3) is 3.59. The molecule has 5 heteroatoms. The van der Waals surface area contributed by atoms with Crippen LogP contribution in [0.25, 0.3) is 11.1 Å². The molecule has 122 valence electrons. The van der Waals surface area contributed by atoms with Gasteiger partial charge < -0.3 is 16.2 Å². The molecule has 0 aliphatic rings. The van der Waals surface area contributed by atoms with E-state index in [4.69, 9.17) is 16.1 Å². The molecule has 0 bridgehead atoms. The number of anilines is 3. The lowest BCUT2D eigenvalue weighted by molar-refractivity contribution is 0.0697. The number of carboxylic acids is 1. The zero-order valence-corrected chi connectivity index (χ0v) is 13.2. The quantitative estimate of drug-likeness (QED) is 0.621. The fraction of sp³-hybridized carbons (Fsp3) is 0. The van der Waals surface area contributed by atoms with Gasteiger partial charge in [-0.15, -0.1) is 0 Å². The van der Waals surface area contributed by atoms with E-state index in [0.29, 0.717) is 16.9 Å². The second-order valence-electron chi connectivity index (χ2n) is 5.51.